The minimum atomic E-state index is -0.712. The smallest absolute Gasteiger partial charge is 0.338 e. The monoisotopic (exact) mass is 486 g/mol. The molecule has 0 aromatic heterocycles. The summed E-state index contributed by atoms with van der Waals surface area (Å²) in [5.74, 6) is -2.42. The third-order valence-electron chi connectivity index (χ3n) is 5.77. The first kappa shape index (κ1) is 23.0. The molecule has 1 N–H and O–H groups in total. The van der Waals surface area contributed by atoms with Gasteiger partial charge in [-0.25, -0.2) is 4.79 Å². The molecule has 1 aliphatic heterocycles. The number of imide groups is 1. The first-order valence-corrected chi connectivity index (χ1v) is 11.1. The number of hydrogen-bond acceptors (Lipinski definition) is 5. The highest BCUT2D eigenvalue weighted by Gasteiger charge is 2.50. The molecule has 2 aromatic carbocycles. The molecule has 170 valence electrons. The summed E-state index contributed by atoms with van der Waals surface area (Å²) in [4.78, 5) is 51.2. The SMILES string of the molecule is C[C@@H]1C=CC[C@@H]2C(=O)N(c3ccc(C(=O)OCC(=O)Nc4ccc(Cl)c(Cl)c4)cc3)C(=O)[C@H]12. The van der Waals surface area contributed by atoms with Crippen molar-refractivity contribution in [3.8, 4) is 0 Å². The van der Waals surface area contributed by atoms with Crippen LogP contribution in [0, 0.1) is 17.8 Å². The lowest BCUT2D eigenvalue weighted by Crippen LogP contribution is -2.31. The standard InChI is InChI=1S/C24H20Cl2N2O5/c1-13-3-2-4-17-21(13)23(31)28(22(17)30)16-8-5-14(6-9-16)24(32)33-12-20(29)27-15-7-10-18(25)19(26)11-15/h2-3,5-11,13,17,21H,4,12H2,1H3,(H,27,29)/t13-,17+,21-/m1/s1. The number of rotatable bonds is 5. The van der Waals surface area contributed by atoms with Crippen molar-refractivity contribution < 1.29 is 23.9 Å². The maximum atomic E-state index is 12.9. The van der Waals surface area contributed by atoms with Gasteiger partial charge in [0.2, 0.25) is 11.8 Å². The van der Waals surface area contributed by atoms with Gasteiger partial charge in [0.15, 0.2) is 6.61 Å². The number of nitrogens with one attached hydrogen (secondary N) is 1. The molecule has 0 bridgehead atoms. The second-order valence-corrected chi connectivity index (χ2v) is 8.78. The molecule has 2 aliphatic rings. The van der Waals surface area contributed by atoms with E-state index < -0.39 is 18.5 Å². The van der Waals surface area contributed by atoms with Crippen molar-refractivity contribution in [2.24, 2.45) is 17.8 Å². The van der Waals surface area contributed by atoms with Crippen molar-refractivity contribution >= 4 is 58.3 Å². The second-order valence-electron chi connectivity index (χ2n) is 7.97. The molecule has 1 saturated heterocycles. The lowest BCUT2D eigenvalue weighted by molar-refractivity contribution is -0.123. The molecule has 4 rings (SSSR count). The molecule has 0 saturated carbocycles. The van der Waals surface area contributed by atoms with E-state index >= 15 is 0 Å². The molecule has 0 spiro atoms. The molecule has 3 atom stereocenters. The van der Waals surface area contributed by atoms with Gasteiger partial charge in [0.05, 0.1) is 33.1 Å². The molecule has 9 heteroatoms. The maximum absolute atomic E-state index is 12.9. The largest absolute Gasteiger partial charge is 0.452 e. The maximum Gasteiger partial charge on any atom is 0.338 e. The van der Waals surface area contributed by atoms with Gasteiger partial charge in [0.1, 0.15) is 0 Å². The van der Waals surface area contributed by atoms with E-state index in [1.807, 2.05) is 19.1 Å². The van der Waals surface area contributed by atoms with Crippen molar-refractivity contribution in [2.75, 3.05) is 16.8 Å². The van der Waals surface area contributed by atoms with Crippen LogP contribution >= 0.6 is 23.2 Å². The minimum absolute atomic E-state index is 0.00510. The molecule has 3 amide bonds. The highest BCUT2D eigenvalue weighted by Crippen LogP contribution is 2.40. The molecule has 2 aromatic rings. The van der Waals surface area contributed by atoms with E-state index in [1.54, 1.807) is 6.07 Å². The lowest BCUT2D eigenvalue weighted by atomic mass is 9.78. The Labute approximate surface area is 200 Å². The number of nitrogens with zero attached hydrogens (tertiary/aromatic N) is 1. The van der Waals surface area contributed by atoms with E-state index in [9.17, 15) is 19.2 Å². The van der Waals surface area contributed by atoms with Gasteiger partial charge < -0.3 is 10.1 Å². The van der Waals surface area contributed by atoms with Crippen LogP contribution in [0.1, 0.15) is 23.7 Å². The molecular formula is C24H20Cl2N2O5. The molecule has 7 nitrogen and oxygen atoms in total. The predicted octanol–water partition coefficient (Wildman–Crippen LogP) is 4.49. The molecule has 1 fully saturated rings. The fourth-order valence-electron chi connectivity index (χ4n) is 4.13. The van der Waals surface area contributed by atoms with E-state index in [-0.39, 0.29) is 40.2 Å². The Morgan fingerprint density at radius 2 is 1.79 bits per heavy atom. The number of halogens is 2. The summed E-state index contributed by atoms with van der Waals surface area (Å²) in [7, 11) is 0. The van der Waals surface area contributed by atoms with Crippen LogP contribution in [0.5, 0.6) is 0 Å². The number of hydrogen-bond donors (Lipinski definition) is 1. The van der Waals surface area contributed by atoms with Crippen LogP contribution in [-0.4, -0.2) is 30.3 Å². The van der Waals surface area contributed by atoms with E-state index in [4.69, 9.17) is 27.9 Å². The van der Waals surface area contributed by atoms with Gasteiger partial charge in [0, 0.05) is 5.69 Å². The third kappa shape index (κ3) is 4.65. The van der Waals surface area contributed by atoms with Crippen LogP contribution in [0.25, 0.3) is 0 Å². The van der Waals surface area contributed by atoms with Crippen LogP contribution in [0.3, 0.4) is 0 Å². The van der Waals surface area contributed by atoms with E-state index in [0.29, 0.717) is 22.8 Å². The number of ether oxygens (including phenoxy) is 1. The number of benzene rings is 2. The number of anilines is 2. The average molecular weight is 487 g/mol. The molecule has 33 heavy (non-hydrogen) atoms. The topological polar surface area (TPSA) is 92.8 Å². The summed E-state index contributed by atoms with van der Waals surface area (Å²) in [5.41, 5.74) is 1.01. The van der Waals surface area contributed by atoms with Crippen LogP contribution < -0.4 is 10.2 Å². The molecule has 0 radical (unpaired) electrons. The van der Waals surface area contributed by atoms with Gasteiger partial charge in [-0.2, -0.15) is 0 Å². The lowest BCUT2D eigenvalue weighted by Gasteiger charge is -2.22. The van der Waals surface area contributed by atoms with E-state index in [1.165, 1.54) is 41.3 Å². The van der Waals surface area contributed by atoms with Crippen LogP contribution in [-0.2, 0) is 19.1 Å². The molecule has 1 aliphatic carbocycles. The highest BCUT2D eigenvalue weighted by atomic mass is 35.5. The Morgan fingerprint density at radius 1 is 1.06 bits per heavy atom. The van der Waals surface area contributed by atoms with Crippen LogP contribution in [0.15, 0.2) is 54.6 Å². The van der Waals surface area contributed by atoms with Crippen molar-refractivity contribution in [2.45, 2.75) is 13.3 Å². The number of fused-ring (bicyclic) bond motifs is 1. The van der Waals surface area contributed by atoms with Crippen molar-refractivity contribution in [1.29, 1.82) is 0 Å². The highest BCUT2D eigenvalue weighted by molar-refractivity contribution is 6.42. The third-order valence-corrected chi connectivity index (χ3v) is 6.51. The number of allylic oxidation sites excluding steroid dienone is 2. The number of carbonyl (C=O) groups is 4. The van der Waals surface area contributed by atoms with E-state index in [2.05, 4.69) is 5.32 Å². The summed E-state index contributed by atoms with van der Waals surface area (Å²) in [6.07, 6.45) is 4.45. The van der Waals surface area contributed by atoms with Crippen LogP contribution in [0.4, 0.5) is 11.4 Å². The van der Waals surface area contributed by atoms with Gasteiger partial charge in [0.25, 0.3) is 5.91 Å². The normalized spacial score (nSPS) is 21.7. The van der Waals surface area contributed by atoms with Gasteiger partial charge in [-0.1, -0.05) is 42.3 Å². The zero-order valence-corrected chi connectivity index (χ0v) is 19.1. The number of esters is 1. The number of amides is 3. The van der Waals surface area contributed by atoms with E-state index in [0.717, 1.165) is 0 Å². The van der Waals surface area contributed by atoms with Crippen molar-refractivity contribution in [3.05, 3.63) is 70.2 Å². The first-order valence-electron chi connectivity index (χ1n) is 10.3. The molecular weight excluding hydrogens is 467 g/mol. The molecule has 1 heterocycles. The Kier molecular flexibility index (Phi) is 6.54. The quantitative estimate of drug-likeness (QED) is 0.381. The summed E-state index contributed by atoms with van der Waals surface area (Å²) < 4.78 is 5.05. The van der Waals surface area contributed by atoms with Gasteiger partial charge in [-0.15, -0.1) is 0 Å². The molecule has 0 unspecified atom stereocenters. The van der Waals surface area contributed by atoms with Crippen LogP contribution in [0.2, 0.25) is 10.0 Å². The summed E-state index contributed by atoms with van der Waals surface area (Å²) in [6.45, 7) is 1.43. The Morgan fingerprint density at radius 3 is 2.45 bits per heavy atom. The Hall–Kier alpha value is -3.16. The van der Waals surface area contributed by atoms with Crippen molar-refractivity contribution in [1.82, 2.24) is 0 Å². The fraction of sp³-hybridized carbons (Fsp3) is 0.250. The zero-order valence-electron chi connectivity index (χ0n) is 17.6. The van der Waals surface area contributed by atoms with Gasteiger partial charge in [-0.3, -0.25) is 19.3 Å². The van der Waals surface area contributed by atoms with Gasteiger partial charge in [-0.05, 0) is 54.8 Å². The average Bonchev–Trinajstić information content (AvgIpc) is 3.06. The van der Waals surface area contributed by atoms with Crippen molar-refractivity contribution in [3.63, 3.8) is 0 Å². The Bertz CT molecular complexity index is 1160. The number of carbonyl (C=O) groups excluding carboxylic acids is 4. The summed E-state index contributed by atoms with van der Waals surface area (Å²) in [5, 5.41) is 3.19. The summed E-state index contributed by atoms with van der Waals surface area (Å²) in [6, 6.07) is 10.6. The second kappa shape index (κ2) is 9.37. The van der Waals surface area contributed by atoms with Gasteiger partial charge >= 0.3 is 5.97 Å². The predicted molar refractivity (Wildman–Crippen MR) is 124 cm³/mol. The Balaban J connectivity index is 1.36. The first-order chi connectivity index (χ1) is 15.8. The summed E-state index contributed by atoms with van der Waals surface area (Å²) >= 11 is 11.7. The zero-order chi connectivity index (χ0) is 23.7. The fourth-order valence-corrected chi connectivity index (χ4v) is 4.43. The minimum Gasteiger partial charge on any atom is -0.452 e.